The minimum Gasteiger partial charge on any atom is -0.394 e. The van der Waals surface area contributed by atoms with Crippen LogP contribution in [0.2, 0.25) is 0 Å². The molecule has 7 heteroatoms. The second-order valence-electron chi connectivity index (χ2n) is 3.73. The van der Waals surface area contributed by atoms with Crippen LogP contribution in [-0.2, 0) is 9.53 Å². The maximum absolute atomic E-state index is 12.0. The van der Waals surface area contributed by atoms with Crippen LogP contribution in [0.25, 0.3) is 0 Å². The molecule has 0 spiro atoms. The smallest absolute Gasteiger partial charge is 0.240 e. The lowest BCUT2D eigenvalue weighted by Gasteiger charge is -2.33. The number of rotatable bonds is 2. The van der Waals surface area contributed by atoms with E-state index in [1.54, 1.807) is 16.7 Å². The van der Waals surface area contributed by atoms with Crippen molar-refractivity contribution in [3.05, 3.63) is 0 Å². The van der Waals surface area contributed by atoms with E-state index in [9.17, 15) is 4.79 Å². The van der Waals surface area contributed by atoms with E-state index in [-0.39, 0.29) is 37.1 Å². The van der Waals surface area contributed by atoms with Crippen LogP contribution < -0.4 is 5.32 Å². The third kappa shape index (κ3) is 3.24. The van der Waals surface area contributed by atoms with E-state index in [2.05, 4.69) is 5.32 Å². The van der Waals surface area contributed by atoms with Crippen LogP contribution in [0.3, 0.4) is 0 Å². The summed E-state index contributed by atoms with van der Waals surface area (Å²) in [5.41, 5.74) is 0. The number of halogens is 1. The van der Waals surface area contributed by atoms with Gasteiger partial charge in [0.25, 0.3) is 0 Å². The Labute approximate surface area is 105 Å². The molecular weight excluding hydrogens is 252 g/mol. The lowest BCUT2D eigenvalue weighted by molar-refractivity contribution is -0.141. The third-order valence-electron chi connectivity index (χ3n) is 2.67. The maximum atomic E-state index is 12.0. The molecule has 94 valence electrons. The number of nitrogens with one attached hydrogen (secondary N) is 1. The number of thioether (sulfide) groups is 1. The Bertz CT molecular complexity index is 239. The Kier molecular flexibility index (Phi) is 5.85. The van der Waals surface area contributed by atoms with E-state index in [0.29, 0.717) is 19.7 Å². The number of morpholine rings is 1. The first-order valence-corrected chi connectivity index (χ1v) is 6.29. The van der Waals surface area contributed by atoms with E-state index < -0.39 is 0 Å². The van der Waals surface area contributed by atoms with Crippen LogP contribution in [0.4, 0.5) is 0 Å². The number of carbonyl (C=O) groups is 1. The number of hydrogen-bond donors (Lipinski definition) is 2. The molecule has 2 unspecified atom stereocenters. The molecule has 0 aromatic carbocycles. The van der Waals surface area contributed by atoms with Crippen molar-refractivity contribution in [1.82, 2.24) is 10.2 Å². The van der Waals surface area contributed by atoms with Gasteiger partial charge < -0.3 is 14.7 Å². The first-order chi connectivity index (χ1) is 7.31. The van der Waals surface area contributed by atoms with Gasteiger partial charge in [-0.2, -0.15) is 0 Å². The molecule has 0 bridgehead atoms. The van der Waals surface area contributed by atoms with Gasteiger partial charge in [-0.3, -0.25) is 10.1 Å². The second kappa shape index (κ2) is 6.66. The molecule has 2 atom stereocenters. The summed E-state index contributed by atoms with van der Waals surface area (Å²) in [4.78, 5) is 13.8. The average molecular weight is 269 g/mol. The number of nitrogens with zero attached hydrogens (tertiary/aromatic N) is 1. The first-order valence-electron chi connectivity index (χ1n) is 5.13. The maximum Gasteiger partial charge on any atom is 0.240 e. The minimum absolute atomic E-state index is 0. The molecule has 0 aromatic rings. The van der Waals surface area contributed by atoms with Crippen molar-refractivity contribution in [2.24, 2.45) is 0 Å². The van der Waals surface area contributed by atoms with E-state index in [0.717, 1.165) is 11.6 Å². The first kappa shape index (κ1) is 14.1. The van der Waals surface area contributed by atoms with E-state index in [4.69, 9.17) is 9.84 Å². The Hall–Kier alpha value is -0.0100. The normalized spacial score (nSPS) is 29.9. The molecule has 0 radical (unpaired) electrons. The van der Waals surface area contributed by atoms with Crippen molar-refractivity contribution in [2.75, 3.05) is 37.9 Å². The number of amides is 1. The zero-order valence-corrected chi connectivity index (χ0v) is 10.6. The average Bonchev–Trinajstić information content (AvgIpc) is 2.81. The fourth-order valence-electron chi connectivity index (χ4n) is 1.80. The minimum atomic E-state index is -0.211. The van der Waals surface area contributed by atoms with Crippen LogP contribution in [-0.4, -0.2) is 66.0 Å². The summed E-state index contributed by atoms with van der Waals surface area (Å²) >= 11 is 1.74. The van der Waals surface area contributed by atoms with Crippen molar-refractivity contribution in [2.45, 2.75) is 12.1 Å². The predicted molar refractivity (Wildman–Crippen MR) is 64.9 cm³/mol. The topological polar surface area (TPSA) is 61.8 Å². The highest BCUT2D eigenvalue weighted by molar-refractivity contribution is 7.99. The van der Waals surface area contributed by atoms with Crippen LogP contribution in [0.15, 0.2) is 0 Å². The molecule has 0 saturated carbocycles. The van der Waals surface area contributed by atoms with Crippen molar-refractivity contribution >= 4 is 30.1 Å². The van der Waals surface area contributed by atoms with Crippen LogP contribution in [0, 0.1) is 0 Å². The SMILES string of the molecule is Cl.O=C(C1CSCN1)N1CCOC(CO)C1. The fourth-order valence-corrected chi connectivity index (χ4v) is 2.74. The van der Waals surface area contributed by atoms with Gasteiger partial charge in [-0.15, -0.1) is 24.2 Å². The third-order valence-corrected chi connectivity index (χ3v) is 3.61. The van der Waals surface area contributed by atoms with Gasteiger partial charge in [-0.05, 0) is 0 Å². The molecule has 2 saturated heterocycles. The summed E-state index contributed by atoms with van der Waals surface area (Å²) in [6.45, 7) is 1.66. The molecule has 1 amide bonds. The Morgan fingerprint density at radius 3 is 3.06 bits per heavy atom. The molecule has 0 aliphatic carbocycles. The number of carbonyl (C=O) groups excluding carboxylic acids is 1. The van der Waals surface area contributed by atoms with Gasteiger partial charge in [0.05, 0.1) is 25.4 Å². The van der Waals surface area contributed by atoms with Crippen LogP contribution in [0.1, 0.15) is 0 Å². The molecule has 2 N–H and O–H groups in total. The Morgan fingerprint density at radius 1 is 1.62 bits per heavy atom. The Morgan fingerprint density at radius 2 is 2.44 bits per heavy atom. The van der Waals surface area contributed by atoms with Gasteiger partial charge in [0, 0.05) is 24.7 Å². The Balaban J connectivity index is 0.00000128. The predicted octanol–water partition coefficient (Wildman–Crippen LogP) is -0.710. The molecular formula is C9H17ClN2O3S. The van der Waals surface area contributed by atoms with Gasteiger partial charge in [0.1, 0.15) is 0 Å². The summed E-state index contributed by atoms with van der Waals surface area (Å²) in [6.07, 6.45) is -0.211. The largest absolute Gasteiger partial charge is 0.394 e. The van der Waals surface area contributed by atoms with Crippen LogP contribution >= 0.6 is 24.2 Å². The summed E-state index contributed by atoms with van der Waals surface area (Å²) in [7, 11) is 0. The molecule has 2 aliphatic rings. The van der Waals surface area contributed by atoms with Gasteiger partial charge >= 0.3 is 0 Å². The number of ether oxygens (including phenoxy) is 1. The van der Waals surface area contributed by atoms with E-state index >= 15 is 0 Å². The zero-order valence-electron chi connectivity index (χ0n) is 8.92. The molecule has 0 aromatic heterocycles. The highest BCUT2D eigenvalue weighted by Gasteiger charge is 2.30. The molecule has 2 rings (SSSR count). The van der Waals surface area contributed by atoms with E-state index in [1.807, 2.05) is 0 Å². The van der Waals surface area contributed by atoms with Gasteiger partial charge in [0.15, 0.2) is 0 Å². The van der Waals surface area contributed by atoms with Gasteiger partial charge in [-0.25, -0.2) is 0 Å². The molecule has 2 fully saturated rings. The number of aliphatic hydroxyl groups excluding tert-OH is 1. The molecule has 5 nitrogen and oxygen atoms in total. The van der Waals surface area contributed by atoms with Crippen molar-refractivity contribution in [1.29, 1.82) is 0 Å². The standard InChI is InChI=1S/C9H16N2O3S.ClH/c12-4-7-3-11(1-2-14-7)9(13)8-5-15-6-10-8;/h7-8,10,12H,1-6H2;1H. The monoisotopic (exact) mass is 268 g/mol. The van der Waals surface area contributed by atoms with Crippen molar-refractivity contribution in [3.63, 3.8) is 0 Å². The van der Waals surface area contributed by atoms with Gasteiger partial charge in [0.2, 0.25) is 5.91 Å². The van der Waals surface area contributed by atoms with Crippen molar-refractivity contribution in [3.8, 4) is 0 Å². The molecule has 2 aliphatic heterocycles. The number of hydrogen-bond acceptors (Lipinski definition) is 5. The van der Waals surface area contributed by atoms with Crippen LogP contribution in [0.5, 0.6) is 0 Å². The van der Waals surface area contributed by atoms with Crippen molar-refractivity contribution < 1.29 is 14.6 Å². The highest BCUT2D eigenvalue weighted by atomic mass is 35.5. The van der Waals surface area contributed by atoms with Gasteiger partial charge in [-0.1, -0.05) is 0 Å². The lowest BCUT2D eigenvalue weighted by Crippen LogP contribution is -2.52. The zero-order chi connectivity index (χ0) is 10.7. The highest BCUT2D eigenvalue weighted by Crippen LogP contribution is 2.14. The number of aliphatic hydroxyl groups is 1. The summed E-state index contributed by atoms with van der Waals surface area (Å²) in [5, 5.41) is 12.1. The summed E-state index contributed by atoms with van der Waals surface area (Å²) in [6, 6.07) is -0.0487. The molecule has 16 heavy (non-hydrogen) atoms. The lowest BCUT2D eigenvalue weighted by atomic mass is 10.2. The summed E-state index contributed by atoms with van der Waals surface area (Å²) in [5.74, 6) is 1.84. The second-order valence-corrected chi connectivity index (χ2v) is 4.76. The molecule has 2 heterocycles. The quantitative estimate of drug-likeness (QED) is 0.693. The fraction of sp³-hybridized carbons (Fsp3) is 0.889. The van der Waals surface area contributed by atoms with E-state index in [1.165, 1.54) is 0 Å². The summed E-state index contributed by atoms with van der Waals surface area (Å²) < 4.78 is 5.30.